The highest BCUT2D eigenvalue weighted by Crippen LogP contribution is 2.30. The fourth-order valence-corrected chi connectivity index (χ4v) is 4.15. The molecule has 0 saturated heterocycles. The summed E-state index contributed by atoms with van der Waals surface area (Å²) in [4.78, 5) is -0.151. The van der Waals surface area contributed by atoms with Gasteiger partial charge in [0.1, 0.15) is 10.7 Å². The Morgan fingerprint density at radius 1 is 1.37 bits per heavy atom. The van der Waals surface area contributed by atoms with Crippen molar-refractivity contribution >= 4 is 50.0 Å². The van der Waals surface area contributed by atoms with Crippen molar-refractivity contribution in [3.8, 4) is 0 Å². The van der Waals surface area contributed by atoms with Crippen LogP contribution < -0.4 is 10.0 Å². The number of rotatable bonds is 6. The molecule has 0 heterocycles. The van der Waals surface area contributed by atoms with E-state index in [0.29, 0.717) is 6.54 Å². The minimum absolute atomic E-state index is 0. The van der Waals surface area contributed by atoms with E-state index >= 15 is 0 Å². The van der Waals surface area contributed by atoms with Crippen LogP contribution in [0.1, 0.15) is 6.92 Å². The average molecular weight is 396 g/mol. The lowest BCUT2D eigenvalue weighted by Gasteiger charge is -2.10. The number of halogens is 4. The Labute approximate surface area is 131 Å². The Kier molecular flexibility index (Phi) is 8.42. The molecule has 0 aromatic heterocycles. The van der Waals surface area contributed by atoms with Crippen molar-refractivity contribution in [2.75, 3.05) is 19.6 Å². The molecule has 0 atom stereocenters. The molecule has 19 heavy (non-hydrogen) atoms. The molecule has 0 aliphatic carbocycles. The van der Waals surface area contributed by atoms with Gasteiger partial charge < -0.3 is 5.32 Å². The van der Waals surface area contributed by atoms with E-state index in [2.05, 4.69) is 26.0 Å². The van der Waals surface area contributed by atoms with Crippen LogP contribution in [0.5, 0.6) is 0 Å². The second kappa shape index (κ2) is 8.39. The number of nitrogens with one attached hydrogen (secondary N) is 2. The molecule has 0 aliphatic heterocycles. The highest BCUT2D eigenvalue weighted by molar-refractivity contribution is 9.10. The van der Waals surface area contributed by atoms with Crippen LogP contribution in [0.3, 0.4) is 0 Å². The van der Waals surface area contributed by atoms with Gasteiger partial charge in [-0.25, -0.2) is 17.5 Å². The van der Waals surface area contributed by atoms with Gasteiger partial charge in [-0.2, -0.15) is 0 Å². The van der Waals surface area contributed by atoms with Crippen molar-refractivity contribution in [1.29, 1.82) is 0 Å². The van der Waals surface area contributed by atoms with Gasteiger partial charge in [0.15, 0.2) is 0 Å². The topological polar surface area (TPSA) is 58.2 Å². The Bertz CT molecular complexity index is 505. The quantitative estimate of drug-likeness (QED) is 0.727. The Hall–Kier alpha value is 0.0800. The van der Waals surface area contributed by atoms with E-state index in [1.807, 2.05) is 6.92 Å². The molecule has 0 unspecified atom stereocenters. The van der Waals surface area contributed by atoms with E-state index in [1.165, 1.54) is 0 Å². The van der Waals surface area contributed by atoms with Gasteiger partial charge in [-0.1, -0.05) is 18.5 Å². The summed E-state index contributed by atoms with van der Waals surface area (Å²) >= 11 is 8.75. The van der Waals surface area contributed by atoms with Gasteiger partial charge in [-0.3, -0.25) is 0 Å². The molecule has 110 valence electrons. The maximum Gasteiger partial charge on any atom is 0.243 e. The van der Waals surface area contributed by atoms with Crippen LogP contribution in [0.4, 0.5) is 4.39 Å². The molecule has 0 radical (unpaired) electrons. The molecule has 0 spiro atoms. The van der Waals surface area contributed by atoms with Gasteiger partial charge in [-0.15, -0.1) is 12.4 Å². The first-order valence-corrected chi connectivity index (χ1v) is 7.89. The smallest absolute Gasteiger partial charge is 0.243 e. The predicted octanol–water partition coefficient (Wildman–Crippen LogP) is 2.55. The van der Waals surface area contributed by atoms with Crippen molar-refractivity contribution in [2.24, 2.45) is 0 Å². The van der Waals surface area contributed by atoms with Crippen LogP contribution in [0.15, 0.2) is 21.5 Å². The Morgan fingerprint density at radius 2 is 2.00 bits per heavy atom. The van der Waals surface area contributed by atoms with E-state index in [1.54, 1.807) is 0 Å². The molecule has 0 fully saturated rings. The SMILES string of the molecule is CCNCCNS(=O)(=O)c1c(Cl)cc(F)cc1Br.Cl. The fourth-order valence-electron chi connectivity index (χ4n) is 1.31. The zero-order valence-electron chi connectivity index (χ0n) is 10.0. The van der Waals surface area contributed by atoms with Gasteiger partial charge in [0.05, 0.1) is 5.02 Å². The third-order valence-corrected chi connectivity index (χ3v) is 4.94. The molecule has 1 aromatic rings. The predicted molar refractivity (Wildman–Crippen MR) is 80.1 cm³/mol. The summed E-state index contributed by atoms with van der Waals surface area (Å²) < 4.78 is 39.4. The van der Waals surface area contributed by atoms with Gasteiger partial charge in [0.2, 0.25) is 10.0 Å². The molecular formula is C10H14BrCl2FN2O2S. The molecule has 9 heteroatoms. The second-order valence-electron chi connectivity index (χ2n) is 3.45. The van der Waals surface area contributed by atoms with Crippen molar-refractivity contribution in [2.45, 2.75) is 11.8 Å². The first-order valence-electron chi connectivity index (χ1n) is 5.23. The van der Waals surface area contributed by atoms with Gasteiger partial charge in [-0.05, 0) is 34.6 Å². The van der Waals surface area contributed by atoms with Crippen LogP contribution in [0, 0.1) is 5.82 Å². The van der Waals surface area contributed by atoms with Crippen molar-refractivity contribution in [3.05, 3.63) is 27.4 Å². The lowest BCUT2D eigenvalue weighted by molar-refractivity contribution is 0.576. The van der Waals surface area contributed by atoms with E-state index in [9.17, 15) is 12.8 Å². The zero-order chi connectivity index (χ0) is 13.8. The Morgan fingerprint density at radius 3 is 2.53 bits per heavy atom. The first-order chi connectivity index (χ1) is 8.38. The minimum atomic E-state index is -3.75. The summed E-state index contributed by atoms with van der Waals surface area (Å²) in [5.74, 6) is -0.599. The van der Waals surface area contributed by atoms with Gasteiger partial charge in [0, 0.05) is 17.6 Å². The summed E-state index contributed by atoms with van der Waals surface area (Å²) in [7, 11) is -3.75. The second-order valence-corrected chi connectivity index (χ2v) is 6.42. The average Bonchev–Trinajstić information content (AvgIpc) is 2.22. The normalized spacial score (nSPS) is 11.2. The van der Waals surface area contributed by atoms with Crippen LogP contribution in [-0.2, 0) is 10.0 Å². The van der Waals surface area contributed by atoms with Crippen molar-refractivity contribution in [3.63, 3.8) is 0 Å². The molecule has 2 N–H and O–H groups in total. The first kappa shape index (κ1) is 19.1. The summed E-state index contributed by atoms with van der Waals surface area (Å²) in [6.07, 6.45) is 0. The maximum absolute atomic E-state index is 13.0. The summed E-state index contributed by atoms with van der Waals surface area (Å²) in [6.45, 7) is 3.41. The van der Waals surface area contributed by atoms with Crippen LogP contribution >= 0.6 is 39.9 Å². The number of hydrogen-bond acceptors (Lipinski definition) is 3. The highest BCUT2D eigenvalue weighted by atomic mass is 79.9. The fraction of sp³-hybridized carbons (Fsp3) is 0.400. The zero-order valence-corrected chi connectivity index (χ0v) is 14.0. The molecule has 1 rings (SSSR count). The highest BCUT2D eigenvalue weighted by Gasteiger charge is 2.21. The number of hydrogen-bond donors (Lipinski definition) is 2. The lowest BCUT2D eigenvalue weighted by Crippen LogP contribution is -2.32. The lowest BCUT2D eigenvalue weighted by atomic mass is 10.3. The molecule has 0 aliphatic rings. The minimum Gasteiger partial charge on any atom is -0.316 e. The van der Waals surface area contributed by atoms with Crippen LogP contribution in [-0.4, -0.2) is 28.1 Å². The van der Waals surface area contributed by atoms with Gasteiger partial charge in [0.25, 0.3) is 0 Å². The molecular weight excluding hydrogens is 382 g/mol. The van der Waals surface area contributed by atoms with E-state index in [-0.39, 0.29) is 33.3 Å². The summed E-state index contributed by atoms with van der Waals surface area (Å²) in [5.41, 5.74) is 0. The van der Waals surface area contributed by atoms with E-state index in [0.717, 1.165) is 18.7 Å². The summed E-state index contributed by atoms with van der Waals surface area (Å²) in [5, 5.41) is 2.82. The molecule has 1 aromatic carbocycles. The number of benzene rings is 1. The number of sulfonamides is 1. The molecule has 0 saturated carbocycles. The largest absolute Gasteiger partial charge is 0.316 e. The molecule has 4 nitrogen and oxygen atoms in total. The standard InChI is InChI=1S/C10H13BrClFN2O2S.ClH/c1-2-14-3-4-15-18(16,17)10-8(11)5-7(13)6-9(10)12;/h5-6,14-15H,2-4H2,1H3;1H. The summed E-state index contributed by atoms with van der Waals surface area (Å²) in [6, 6.07) is 2.02. The van der Waals surface area contributed by atoms with E-state index < -0.39 is 15.8 Å². The van der Waals surface area contributed by atoms with Crippen molar-refractivity contribution < 1.29 is 12.8 Å². The number of likely N-dealkylation sites (N-methyl/N-ethyl adjacent to an activating group) is 1. The third kappa shape index (κ3) is 5.53. The van der Waals surface area contributed by atoms with Crippen LogP contribution in [0.25, 0.3) is 0 Å². The monoisotopic (exact) mass is 394 g/mol. The molecule has 0 amide bonds. The van der Waals surface area contributed by atoms with E-state index in [4.69, 9.17) is 11.6 Å². The van der Waals surface area contributed by atoms with Crippen LogP contribution in [0.2, 0.25) is 5.02 Å². The Balaban J connectivity index is 0.00000324. The third-order valence-electron chi connectivity index (χ3n) is 2.08. The van der Waals surface area contributed by atoms with Gasteiger partial charge >= 0.3 is 0 Å². The van der Waals surface area contributed by atoms with Crippen molar-refractivity contribution in [1.82, 2.24) is 10.0 Å². The maximum atomic E-state index is 13.0. The molecule has 0 bridgehead atoms.